The van der Waals surface area contributed by atoms with Gasteiger partial charge in [0.15, 0.2) is 0 Å². The normalized spacial score (nSPS) is 12.8. The third kappa shape index (κ3) is 7.70. The van der Waals surface area contributed by atoms with Gasteiger partial charge in [0.2, 0.25) is 0 Å². The lowest BCUT2D eigenvalue weighted by molar-refractivity contribution is 0.240. The van der Waals surface area contributed by atoms with Crippen LogP contribution in [0.15, 0.2) is 0 Å². The first-order valence-electron chi connectivity index (χ1n) is 8.78. The van der Waals surface area contributed by atoms with Crippen LogP contribution < -0.4 is 0 Å². The summed E-state index contributed by atoms with van der Waals surface area (Å²) in [6, 6.07) is 4.32. The molecule has 0 radical (unpaired) electrons. The van der Waals surface area contributed by atoms with Crippen molar-refractivity contribution in [2.45, 2.75) is 76.5 Å². The molecule has 0 saturated carbocycles. The summed E-state index contributed by atoms with van der Waals surface area (Å²) in [4.78, 5) is 0. The van der Waals surface area contributed by atoms with Crippen LogP contribution in [0.1, 0.15) is 52.4 Å². The lowest BCUT2D eigenvalue weighted by Crippen LogP contribution is -2.38. The lowest BCUT2D eigenvalue weighted by Gasteiger charge is -2.26. The Morgan fingerprint density at radius 3 is 1.00 bits per heavy atom. The number of hydrogen-bond acceptors (Lipinski definition) is 4. The van der Waals surface area contributed by atoms with Crippen molar-refractivity contribution < 1.29 is 17.7 Å². The largest absolute Gasteiger partial charge is 0.398 e. The summed E-state index contributed by atoms with van der Waals surface area (Å²) in [5.74, 6) is 0. The van der Waals surface area contributed by atoms with Crippen molar-refractivity contribution in [3.63, 3.8) is 0 Å². The summed E-state index contributed by atoms with van der Waals surface area (Å²) in [7, 11) is 3.48. The first-order valence-corrected chi connectivity index (χ1v) is 13.2. The summed E-state index contributed by atoms with van der Waals surface area (Å²) in [5.41, 5.74) is 0. The minimum absolute atomic E-state index is 1.04. The number of rotatable bonds is 15. The maximum absolute atomic E-state index is 5.65. The van der Waals surface area contributed by atoms with Gasteiger partial charge in [-0.3, -0.25) is 0 Å². The zero-order valence-corrected chi connectivity index (χ0v) is 17.7. The van der Waals surface area contributed by atoms with Crippen LogP contribution in [0, 0.1) is 0 Å². The Labute approximate surface area is 140 Å². The van der Waals surface area contributed by atoms with Gasteiger partial charge < -0.3 is 17.7 Å². The first-order chi connectivity index (χ1) is 10.6. The Kier molecular flexibility index (Phi) is 12.8. The van der Waals surface area contributed by atoms with Crippen LogP contribution in [-0.2, 0) is 17.7 Å². The maximum Gasteiger partial charge on any atom is 0.337 e. The van der Waals surface area contributed by atoms with Crippen molar-refractivity contribution in [1.29, 1.82) is 0 Å². The van der Waals surface area contributed by atoms with E-state index in [9.17, 15) is 0 Å². The molecule has 0 rings (SSSR count). The van der Waals surface area contributed by atoms with E-state index in [1.54, 1.807) is 28.4 Å². The van der Waals surface area contributed by atoms with Gasteiger partial charge in [0.1, 0.15) is 0 Å². The van der Waals surface area contributed by atoms with E-state index < -0.39 is 17.1 Å². The number of hydrogen-bond donors (Lipinski definition) is 0. The van der Waals surface area contributed by atoms with Gasteiger partial charge in [0.05, 0.1) is 0 Å². The Morgan fingerprint density at radius 2 is 0.773 bits per heavy atom. The average molecular weight is 351 g/mol. The van der Waals surface area contributed by atoms with Gasteiger partial charge >= 0.3 is 17.1 Å². The summed E-state index contributed by atoms with van der Waals surface area (Å²) in [5, 5.41) is 0. The molecule has 0 spiro atoms. The molecular formula is C16H38O4Si2. The molecule has 0 atom stereocenters. The van der Waals surface area contributed by atoms with E-state index in [2.05, 4.69) is 13.8 Å². The fourth-order valence-corrected chi connectivity index (χ4v) is 7.59. The minimum atomic E-state index is -1.86. The van der Waals surface area contributed by atoms with Crippen LogP contribution in [0.25, 0.3) is 0 Å². The molecule has 0 unspecified atom stereocenters. The summed E-state index contributed by atoms with van der Waals surface area (Å²) in [6.45, 7) is 4.35. The molecule has 6 heteroatoms. The zero-order valence-electron chi connectivity index (χ0n) is 15.7. The monoisotopic (exact) mass is 350 g/mol. The first kappa shape index (κ1) is 22.3. The minimum Gasteiger partial charge on any atom is -0.398 e. The highest BCUT2D eigenvalue weighted by atomic mass is 28.4. The molecule has 0 fully saturated rings. The molecule has 4 nitrogen and oxygen atoms in total. The van der Waals surface area contributed by atoms with Gasteiger partial charge in [-0.1, -0.05) is 52.4 Å². The van der Waals surface area contributed by atoms with Gasteiger partial charge in [-0.25, -0.2) is 0 Å². The molecule has 0 aromatic rings. The van der Waals surface area contributed by atoms with E-state index in [1.165, 1.54) is 38.5 Å². The molecule has 0 bridgehead atoms. The van der Waals surface area contributed by atoms with E-state index >= 15 is 0 Å². The third-order valence-corrected chi connectivity index (χ3v) is 12.3. The van der Waals surface area contributed by atoms with Crippen molar-refractivity contribution in [1.82, 2.24) is 0 Å². The standard InChI is InChI=1S/C16H38O4Si2/c1-7-21(17-3,18-4)15-13-11-9-10-12-14-16-22(8-2,19-5)20-6/h7-16H2,1-6H3. The predicted octanol–water partition coefficient (Wildman–Crippen LogP) is 4.84. The van der Waals surface area contributed by atoms with E-state index in [4.69, 9.17) is 17.7 Å². The molecule has 0 N–H and O–H groups in total. The van der Waals surface area contributed by atoms with E-state index in [0.29, 0.717) is 0 Å². The summed E-state index contributed by atoms with van der Waals surface area (Å²) in [6.07, 6.45) is 7.64. The zero-order chi connectivity index (χ0) is 16.9. The van der Waals surface area contributed by atoms with Gasteiger partial charge in [-0.2, -0.15) is 0 Å². The van der Waals surface area contributed by atoms with Gasteiger partial charge in [0, 0.05) is 28.4 Å². The highest BCUT2D eigenvalue weighted by Gasteiger charge is 2.33. The molecule has 134 valence electrons. The quantitative estimate of drug-likeness (QED) is 0.313. The fraction of sp³-hybridized carbons (Fsp3) is 1.00. The Balaban J connectivity index is 3.70. The molecule has 0 heterocycles. The topological polar surface area (TPSA) is 36.9 Å². The van der Waals surface area contributed by atoms with Gasteiger partial charge in [0.25, 0.3) is 0 Å². The van der Waals surface area contributed by atoms with Crippen LogP contribution in [0.2, 0.25) is 24.2 Å². The van der Waals surface area contributed by atoms with Crippen LogP contribution in [-0.4, -0.2) is 45.6 Å². The predicted molar refractivity (Wildman–Crippen MR) is 97.8 cm³/mol. The second-order valence-corrected chi connectivity index (χ2v) is 13.7. The van der Waals surface area contributed by atoms with Crippen molar-refractivity contribution in [3.8, 4) is 0 Å². The summed E-state index contributed by atoms with van der Waals surface area (Å²) >= 11 is 0. The van der Waals surface area contributed by atoms with Crippen molar-refractivity contribution in [2.24, 2.45) is 0 Å². The molecule has 22 heavy (non-hydrogen) atoms. The van der Waals surface area contributed by atoms with Crippen LogP contribution in [0.4, 0.5) is 0 Å². The maximum atomic E-state index is 5.65. The van der Waals surface area contributed by atoms with E-state index in [-0.39, 0.29) is 0 Å². The third-order valence-electron chi connectivity index (χ3n) is 4.93. The average Bonchev–Trinajstić information content (AvgIpc) is 2.58. The lowest BCUT2D eigenvalue weighted by atomic mass is 10.1. The second kappa shape index (κ2) is 12.7. The second-order valence-electron chi connectivity index (χ2n) is 5.97. The molecule has 0 aromatic heterocycles. The fourth-order valence-electron chi connectivity index (χ4n) is 3.00. The van der Waals surface area contributed by atoms with Crippen LogP contribution in [0.3, 0.4) is 0 Å². The SMILES string of the molecule is CC[Si](CCCCCCCC[Si](CC)(OC)OC)(OC)OC. The smallest absolute Gasteiger partial charge is 0.337 e. The van der Waals surface area contributed by atoms with E-state index in [0.717, 1.165) is 24.2 Å². The van der Waals surface area contributed by atoms with Crippen molar-refractivity contribution in [2.75, 3.05) is 28.4 Å². The summed E-state index contributed by atoms with van der Waals surface area (Å²) < 4.78 is 22.6. The molecular weight excluding hydrogens is 312 g/mol. The molecule has 0 aliphatic heterocycles. The Hall–Kier alpha value is 0.274. The van der Waals surface area contributed by atoms with E-state index in [1.807, 2.05) is 0 Å². The van der Waals surface area contributed by atoms with Gasteiger partial charge in [-0.15, -0.1) is 0 Å². The Bertz CT molecular complexity index is 214. The van der Waals surface area contributed by atoms with Crippen LogP contribution in [0.5, 0.6) is 0 Å². The van der Waals surface area contributed by atoms with Gasteiger partial charge in [-0.05, 0) is 24.2 Å². The molecule has 0 amide bonds. The van der Waals surface area contributed by atoms with Crippen LogP contribution >= 0.6 is 0 Å². The molecule has 0 aliphatic carbocycles. The highest BCUT2D eigenvalue weighted by Crippen LogP contribution is 2.23. The van der Waals surface area contributed by atoms with Crippen molar-refractivity contribution >= 4 is 17.1 Å². The molecule has 0 saturated heterocycles. The van der Waals surface area contributed by atoms with Crippen molar-refractivity contribution in [3.05, 3.63) is 0 Å². The number of unbranched alkanes of at least 4 members (excludes halogenated alkanes) is 5. The molecule has 0 aromatic carbocycles. The Morgan fingerprint density at radius 1 is 0.500 bits per heavy atom. The highest BCUT2D eigenvalue weighted by molar-refractivity contribution is 6.67. The molecule has 0 aliphatic rings.